The van der Waals surface area contributed by atoms with Crippen LogP contribution in [0.5, 0.6) is 5.75 Å². The quantitative estimate of drug-likeness (QED) is 0.573. The number of halogens is 3. The number of benzene rings is 2. The molecule has 2 nitrogen and oxygen atoms in total. The summed E-state index contributed by atoms with van der Waals surface area (Å²) in [7, 11) is 1.60. The fourth-order valence-electron chi connectivity index (χ4n) is 2.27. The molecule has 112 valence electrons. The maximum absolute atomic E-state index is 12.6. The molecule has 0 aliphatic carbocycles. The van der Waals surface area contributed by atoms with E-state index in [4.69, 9.17) is 16.3 Å². The molecule has 5 heteroatoms. The first-order chi connectivity index (χ1) is 10.6. The third-order valence-corrected chi connectivity index (χ3v) is 4.54. The summed E-state index contributed by atoms with van der Waals surface area (Å²) in [4.78, 5) is 4.66. The van der Waals surface area contributed by atoms with Crippen LogP contribution in [-0.2, 0) is 6.67 Å². The van der Waals surface area contributed by atoms with Gasteiger partial charge in [0.05, 0.1) is 27.8 Å². The third-order valence-electron chi connectivity index (χ3n) is 3.46. The monoisotopic (exact) mass is 379 g/mol. The van der Waals surface area contributed by atoms with E-state index in [2.05, 4.69) is 20.9 Å². The van der Waals surface area contributed by atoms with Crippen molar-refractivity contribution >= 4 is 38.4 Å². The van der Waals surface area contributed by atoms with Crippen molar-refractivity contribution in [3.63, 3.8) is 0 Å². The molecule has 0 aliphatic heterocycles. The topological polar surface area (TPSA) is 22.1 Å². The van der Waals surface area contributed by atoms with Crippen molar-refractivity contribution in [3.05, 3.63) is 57.5 Å². The Hall–Kier alpha value is -1.65. The highest BCUT2D eigenvalue weighted by Crippen LogP contribution is 2.36. The Morgan fingerprint density at radius 2 is 1.91 bits per heavy atom. The van der Waals surface area contributed by atoms with Crippen LogP contribution in [0.1, 0.15) is 5.56 Å². The summed E-state index contributed by atoms with van der Waals surface area (Å²) in [6.45, 7) is -0.477. The lowest BCUT2D eigenvalue weighted by Gasteiger charge is -2.10. The maximum Gasteiger partial charge on any atom is 0.135 e. The number of rotatable bonds is 3. The van der Waals surface area contributed by atoms with Gasteiger partial charge in [0.25, 0.3) is 0 Å². The number of hydrogen-bond donors (Lipinski definition) is 0. The maximum atomic E-state index is 12.6. The number of fused-ring (bicyclic) bond motifs is 1. The first-order valence-electron chi connectivity index (χ1n) is 6.62. The van der Waals surface area contributed by atoms with Gasteiger partial charge in [0.2, 0.25) is 0 Å². The molecular weight excluding hydrogens is 369 g/mol. The molecule has 0 aliphatic rings. The van der Waals surface area contributed by atoms with Crippen LogP contribution in [0, 0.1) is 0 Å². The summed E-state index contributed by atoms with van der Waals surface area (Å²) in [6, 6.07) is 12.7. The van der Waals surface area contributed by atoms with Crippen molar-refractivity contribution in [2.45, 2.75) is 6.67 Å². The average Bonchev–Trinajstić information content (AvgIpc) is 2.56. The number of aromatic nitrogens is 1. The van der Waals surface area contributed by atoms with E-state index in [1.807, 2.05) is 30.3 Å². The molecule has 0 spiro atoms. The van der Waals surface area contributed by atoms with Crippen LogP contribution >= 0.6 is 27.5 Å². The summed E-state index contributed by atoms with van der Waals surface area (Å²) in [6.07, 6.45) is 0. The zero-order chi connectivity index (χ0) is 15.7. The molecule has 22 heavy (non-hydrogen) atoms. The molecule has 0 unspecified atom stereocenters. The number of nitrogens with zero attached hydrogens (tertiary/aromatic N) is 1. The standard InChI is InChI=1S/C17H12BrClFNO/c1-22-15-7-6-12-13(19)8-14(21-17(12)16(15)18)11-4-2-10(9-20)3-5-11/h2-8H,9H2,1H3. The molecule has 0 radical (unpaired) electrons. The number of pyridine rings is 1. The third kappa shape index (κ3) is 2.69. The number of hydrogen-bond acceptors (Lipinski definition) is 2. The second kappa shape index (κ2) is 6.23. The predicted octanol–water partition coefficient (Wildman–Crippen LogP) is 5.80. The van der Waals surface area contributed by atoms with E-state index in [0.717, 1.165) is 26.6 Å². The second-order valence-electron chi connectivity index (χ2n) is 4.80. The molecule has 2 aromatic carbocycles. The number of alkyl halides is 1. The summed E-state index contributed by atoms with van der Waals surface area (Å²) in [5.74, 6) is 0.695. The minimum Gasteiger partial charge on any atom is -0.495 e. The second-order valence-corrected chi connectivity index (χ2v) is 6.00. The Bertz CT molecular complexity index is 836. The molecule has 0 saturated carbocycles. The molecule has 0 amide bonds. The van der Waals surface area contributed by atoms with Crippen molar-refractivity contribution in [1.82, 2.24) is 4.98 Å². The summed E-state index contributed by atoms with van der Waals surface area (Å²) in [5, 5.41) is 1.45. The Morgan fingerprint density at radius 3 is 2.55 bits per heavy atom. The van der Waals surface area contributed by atoms with Gasteiger partial charge in [-0.2, -0.15) is 0 Å². The molecular formula is C17H12BrClFNO. The largest absolute Gasteiger partial charge is 0.495 e. The lowest BCUT2D eigenvalue weighted by molar-refractivity contribution is 0.413. The molecule has 3 aromatic rings. The first kappa shape index (κ1) is 15.3. The Balaban J connectivity index is 2.20. The minimum atomic E-state index is -0.477. The lowest BCUT2D eigenvalue weighted by atomic mass is 10.1. The Kier molecular flexibility index (Phi) is 4.32. The van der Waals surface area contributed by atoms with Gasteiger partial charge in [-0.15, -0.1) is 0 Å². The van der Waals surface area contributed by atoms with Crippen molar-refractivity contribution < 1.29 is 9.13 Å². The van der Waals surface area contributed by atoms with Crippen LogP contribution in [0.4, 0.5) is 4.39 Å². The molecule has 0 N–H and O–H groups in total. The van der Waals surface area contributed by atoms with Crippen molar-refractivity contribution in [2.24, 2.45) is 0 Å². The highest BCUT2D eigenvalue weighted by molar-refractivity contribution is 9.10. The molecule has 0 bridgehead atoms. The summed E-state index contributed by atoms with van der Waals surface area (Å²) in [5.41, 5.74) is 2.99. The molecule has 1 heterocycles. The van der Waals surface area contributed by atoms with Gasteiger partial charge < -0.3 is 4.74 Å². The fourth-order valence-corrected chi connectivity index (χ4v) is 3.12. The fraction of sp³-hybridized carbons (Fsp3) is 0.118. The van der Waals surface area contributed by atoms with Crippen LogP contribution in [0.25, 0.3) is 22.2 Å². The van der Waals surface area contributed by atoms with Gasteiger partial charge in [-0.1, -0.05) is 35.9 Å². The zero-order valence-corrected chi connectivity index (χ0v) is 14.1. The van der Waals surface area contributed by atoms with E-state index in [-0.39, 0.29) is 0 Å². The van der Waals surface area contributed by atoms with Crippen molar-refractivity contribution in [1.29, 1.82) is 0 Å². The van der Waals surface area contributed by atoms with Crippen molar-refractivity contribution in [3.8, 4) is 17.0 Å². The van der Waals surface area contributed by atoms with E-state index in [1.165, 1.54) is 0 Å². The highest BCUT2D eigenvalue weighted by Gasteiger charge is 2.12. The molecule has 3 rings (SSSR count). The number of methoxy groups -OCH3 is 1. The average molecular weight is 381 g/mol. The predicted molar refractivity (Wildman–Crippen MR) is 91.3 cm³/mol. The van der Waals surface area contributed by atoms with E-state index >= 15 is 0 Å². The van der Waals surface area contributed by atoms with Gasteiger partial charge in [-0.25, -0.2) is 9.37 Å². The van der Waals surface area contributed by atoms with Crippen molar-refractivity contribution in [2.75, 3.05) is 7.11 Å². The lowest BCUT2D eigenvalue weighted by Crippen LogP contribution is -1.91. The molecule has 1 aromatic heterocycles. The van der Waals surface area contributed by atoms with Crippen LogP contribution < -0.4 is 4.74 Å². The molecule has 0 atom stereocenters. The summed E-state index contributed by atoms with van der Waals surface area (Å²) >= 11 is 9.89. The van der Waals surface area contributed by atoms with E-state index < -0.39 is 6.67 Å². The van der Waals surface area contributed by atoms with Gasteiger partial charge >= 0.3 is 0 Å². The highest BCUT2D eigenvalue weighted by atomic mass is 79.9. The van der Waals surface area contributed by atoms with Gasteiger partial charge in [-0.05, 0) is 39.7 Å². The number of ether oxygens (including phenoxy) is 1. The Morgan fingerprint density at radius 1 is 1.18 bits per heavy atom. The van der Waals surface area contributed by atoms with Crippen LogP contribution in [0.2, 0.25) is 5.02 Å². The molecule has 0 fully saturated rings. The van der Waals surface area contributed by atoms with Gasteiger partial charge in [0.15, 0.2) is 0 Å². The minimum absolute atomic E-state index is 0.477. The van der Waals surface area contributed by atoms with E-state index in [1.54, 1.807) is 19.2 Å². The van der Waals surface area contributed by atoms with E-state index in [9.17, 15) is 4.39 Å². The Labute approximate surface area is 141 Å². The van der Waals surface area contributed by atoms with Crippen LogP contribution in [0.15, 0.2) is 46.9 Å². The molecule has 0 saturated heterocycles. The van der Waals surface area contributed by atoms with E-state index in [0.29, 0.717) is 16.3 Å². The van der Waals surface area contributed by atoms with Crippen LogP contribution in [0.3, 0.4) is 0 Å². The normalized spacial score (nSPS) is 10.9. The summed E-state index contributed by atoms with van der Waals surface area (Å²) < 4.78 is 18.7. The van der Waals surface area contributed by atoms with Crippen LogP contribution in [-0.4, -0.2) is 12.1 Å². The smallest absolute Gasteiger partial charge is 0.135 e. The van der Waals surface area contributed by atoms with Gasteiger partial charge in [-0.3, -0.25) is 0 Å². The zero-order valence-electron chi connectivity index (χ0n) is 11.7. The SMILES string of the molecule is COc1ccc2c(Cl)cc(-c3ccc(CF)cc3)nc2c1Br. The first-order valence-corrected chi connectivity index (χ1v) is 7.79. The van der Waals surface area contributed by atoms with Gasteiger partial charge in [0, 0.05) is 10.9 Å². The van der Waals surface area contributed by atoms with Gasteiger partial charge in [0.1, 0.15) is 12.4 Å².